The third-order valence-corrected chi connectivity index (χ3v) is 8.19. The molecule has 0 radical (unpaired) electrons. The van der Waals surface area contributed by atoms with Crippen molar-refractivity contribution in [3.05, 3.63) is 115 Å². The van der Waals surface area contributed by atoms with Crippen molar-refractivity contribution in [2.75, 3.05) is 0 Å². The quantitative estimate of drug-likeness (QED) is 0.184. The Balaban J connectivity index is 0.000000235. The normalized spacial score (nSPS) is 11.5. The number of aliphatic hydroxyl groups is 1. The summed E-state index contributed by atoms with van der Waals surface area (Å²) in [6.45, 7) is 23.3. The first-order valence-corrected chi connectivity index (χ1v) is 14.9. The van der Waals surface area contributed by atoms with Crippen LogP contribution in [0.1, 0.15) is 86.7 Å². The lowest BCUT2D eigenvalue weighted by molar-refractivity contribution is -0.117. The summed E-state index contributed by atoms with van der Waals surface area (Å²) in [5, 5.41) is 31.2. The van der Waals surface area contributed by atoms with Gasteiger partial charge in [0.2, 0.25) is 0 Å². The van der Waals surface area contributed by atoms with E-state index < -0.39 is 5.92 Å². The van der Waals surface area contributed by atoms with Gasteiger partial charge < -0.3 is 9.63 Å². The Morgan fingerprint density at radius 2 is 1.18 bits per heavy atom. The van der Waals surface area contributed by atoms with Crippen LogP contribution in [0.5, 0.6) is 0 Å². The summed E-state index contributed by atoms with van der Waals surface area (Å²) >= 11 is 0. The second kappa shape index (κ2) is 15.7. The Hall–Kier alpha value is -4.94. The van der Waals surface area contributed by atoms with E-state index in [2.05, 4.69) is 44.1 Å². The summed E-state index contributed by atoms with van der Waals surface area (Å²) in [7, 11) is 0. The molecule has 1 N–H and O–H groups in total. The van der Waals surface area contributed by atoms with Crippen molar-refractivity contribution >= 4 is 11.4 Å². The Morgan fingerprint density at radius 1 is 0.689 bits per heavy atom. The van der Waals surface area contributed by atoms with E-state index in [1.807, 2.05) is 78.8 Å². The van der Waals surface area contributed by atoms with Crippen LogP contribution in [0.2, 0.25) is 0 Å². The number of aryl methyl sites for hydroxylation is 10. The van der Waals surface area contributed by atoms with Gasteiger partial charge in [-0.1, -0.05) is 41.6 Å². The summed E-state index contributed by atoms with van der Waals surface area (Å²) in [6.07, 6.45) is 1.78. The Kier molecular flexibility index (Phi) is 12.6. The molecule has 45 heavy (non-hydrogen) atoms. The molecule has 1 unspecified atom stereocenters. The molecule has 1 heterocycles. The van der Waals surface area contributed by atoms with Crippen LogP contribution in [0, 0.1) is 91.9 Å². The average Bonchev–Trinajstić information content (AvgIpc) is 3.38. The predicted octanol–water partition coefficient (Wildman–Crippen LogP) is 9.81. The number of hydrogen-bond acceptors (Lipinski definition) is 6. The van der Waals surface area contributed by atoms with E-state index in [0.29, 0.717) is 5.57 Å². The predicted molar refractivity (Wildman–Crippen MR) is 182 cm³/mol. The first-order chi connectivity index (χ1) is 21.0. The monoisotopic (exact) mass is 603 g/mol. The van der Waals surface area contributed by atoms with Crippen molar-refractivity contribution < 1.29 is 14.4 Å². The van der Waals surface area contributed by atoms with E-state index in [4.69, 9.17) is 15.0 Å². The first kappa shape index (κ1) is 36.3. The largest absolute Gasteiger partial charge is 0.511 e. The van der Waals surface area contributed by atoms with Crippen LogP contribution in [-0.2, 0) is 4.79 Å². The van der Waals surface area contributed by atoms with Crippen molar-refractivity contribution in [1.29, 1.82) is 10.5 Å². The van der Waals surface area contributed by atoms with E-state index in [-0.39, 0.29) is 11.5 Å². The highest BCUT2D eigenvalue weighted by Crippen LogP contribution is 2.29. The molecule has 0 aliphatic rings. The molecule has 0 spiro atoms. The number of carbonyl (C=O) groups excluding carboxylic acids is 1. The molecule has 4 rings (SSSR count). The van der Waals surface area contributed by atoms with E-state index in [9.17, 15) is 9.90 Å². The lowest BCUT2D eigenvalue weighted by Crippen LogP contribution is -2.08. The van der Waals surface area contributed by atoms with E-state index >= 15 is 0 Å². The van der Waals surface area contributed by atoms with Crippen LogP contribution in [0.4, 0.5) is 0 Å². The average molecular weight is 604 g/mol. The molecule has 1 atom stereocenters. The van der Waals surface area contributed by atoms with E-state index in [0.717, 1.165) is 44.7 Å². The van der Waals surface area contributed by atoms with Crippen LogP contribution in [0.3, 0.4) is 0 Å². The number of aromatic nitrogens is 1. The molecule has 0 bridgehead atoms. The van der Waals surface area contributed by atoms with Crippen molar-refractivity contribution in [3.63, 3.8) is 0 Å². The smallest absolute Gasteiger partial charge is 0.151 e. The number of rotatable bonds is 4. The maximum absolute atomic E-state index is 11.3. The Morgan fingerprint density at radius 3 is 1.64 bits per heavy atom. The Bertz CT molecular complexity index is 1820. The number of Topliss-reactive ketones (excluding diaryl/α,β-unsaturated/α-hetero) is 1. The molecule has 1 aromatic heterocycles. The van der Waals surface area contributed by atoms with Gasteiger partial charge in [-0.2, -0.15) is 10.5 Å². The van der Waals surface area contributed by atoms with Gasteiger partial charge in [0.25, 0.3) is 0 Å². The number of ketones is 1. The number of allylic oxidation sites excluding steroid dienone is 2. The minimum atomic E-state index is -0.621. The molecule has 6 heteroatoms. The van der Waals surface area contributed by atoms with Crippen LogP contribution in [0.15, 0.2) is 52.9 Å². The fraction of sp³-hybridized carbons (Fsp3) is 0.333. The molecular weight excluding hydrogens is 558 g/mol. The summed E-state index contributed by atoms with van der Waals surface area (Å²) in [5.74, 6) is 0.235. The topological polar surface area (TPSA) is 111 Å². The third kappa shape index (κ3) is 9.03. The van der Waals surface area contributed by atoms with Crippen molar-refractivity contribution in [3.8, 4) is 23.3 Å². The van der Waals surface area contributed by atoms with Crippen LogP contribution in [-0.4, -0.2) is 16.0 Å². The van der Waals surface area contributed by atoms with Gasteiger partial charge >= 0.3 is 0 Å². The molecule has 4 aromatic rings. The molecule has 0 saturated carbocycles. The maximum atomic E-state index is 11.3. The zero-order valence-electron chi connectivity index (χ0n) is 28.7. The van der Waals surface area contributed by atoms with Crippen molar-refractivity contribution in [2.45, 2.75) is 89.0 Å². The highest BCUT2D eigenvalue weighted by molar-refractivity contribution is 5.86. The molecular formula is C39H45N3O3. The van der Waals surface area contributed by atoms with E-state index in [1.165, 1.54) is 47.2 Å². The summed E-state index contributed by atoms with van der Waals surface area (Å²) in [5.41, 5.74) is 14.9. The maximum Gasteiger partial charge on any atom is 0.151 e. The molecule has 0 fully saturated rings. The number of hydrogen-bond donors (Lipinski definition) is 1. The van der Waals surface area contributed by atoms with Crippen molar-refractivity contribution in [1.82, 2.24) is 5.16 Å². The zero-order valence-corrected chi connectivity index (χ0v) is 28.7. The number of carbonyl (C=O) groups is 1. The van der Waals surface area contributed by atoms with Crippen LogP contribution < -0.4 is 0 Å². The van der Waals surface area contributed by atoms with Gasteiger partial charge in [-0.05, 0) is 150 Å². The Labute approximate surface area is 268 Å². The molecule has 0 aliphatic carbocycles. The standard InChI is InChI=1S/3C13H15NO/c1-8-5-10(3)12(6-9(8)2)13-7-14-15-11(13)4;2*1-8-5-10(3)12(6-9(8)2)13(7-14)11(4)15/h5-7H,1-4H3;5-6,15H,1-4H3;5-6,13H,1-4H3/b;13-11+;. The fourth-order valence-corrected chi connectivity index (χ4v) is 5.05. The zero-order chi connectivity index (χ0) is 34.2. The lowest BCUT2D eigenvalue weighted by atomic mass is 9.90. The SMILES string of the molecule is C/C(O)=C(/C#N)c1cc(C)c(C)cc1C.CC(=O)C(C#N)c1cc(C)c(C)cc1C.Cc1cc(C)c(-c2cnoc2C)cc1C. The molecule has 6 nitrogen and oxygen atoms in total. The minimum absolute atomic E-state index is 0.0730. The van der Waals surface area contributed by atoms with E-state index in [1.54, 1.807) is 6.20 Å². The fourth-order valence-electron chi connectivity index (χ4n) is 5.05. The highest BCUT2D eigenvalue weighted by atomic mass is 16.5. The number of aliphatic hydroxyl groups excluding tert-OH is 1. The second-order valence-corrected chi connectivity index (χ2v) is 11.8. The highest BCUT2D eigenvalue weighted by Gasteiger charge is 2.18. The summed E-state index contributed by atoms with van der Waals surface area (Å²) in [4.78, 5) is 11.3. The van der Waals surface area contributed by atoms with Crippen LogP contribution >= 0.6 is 0 Å². The molecule has 0 saturated heterocycles. The molecule has 234 valence electrons. The number of nitriles is 2. The van der Waals surface area contributed by atoms with Crippen molar-refractivity contribution in [2.24, 2.45) is 0 Å². The summed E-state index contributed by atoms with van der Waals surface area (Å²) < 4.78 is 5.09. The third-order valence-electron chi connectivity index (χ3n) is 8.19. The van der Waals surface area contributed by atoms with Gasteiger partial charge in [0.1, 0.15) is 23.5 Å². The van der Waals surface area contributed by atoms with Crippen LogP contribution in [0.25, 0.3) is 16.7 Å². The van der Waals surface area contributed by atoms with Gasteiger partial charge in [0.05, 0.1) is 17.8 Å². The minimum Gasteiger partial charge on any atom is -0.511 e. The molecule has 0 amide bonds. The number of benzene rings is 3. The summed E-state index contributed by atoms with van der Waals surface area (Å²) in [6, 6.07) is 16.4. The molecule has 0 aliphatic heterocycles. The molecule has 3 aromatic carbocycles. The van der Waals surface area contributed by atoms with Gasteiger partial charge in [-0.25, -0.2) is 0 Å². The van der Waals surface area contributed by atoms with Gasteiger partial charge in [0.15, 0.2) is 5.78 Å². The second-order valence-electron chi connectivity index (χ2n) is 11.8. The number of nitrogens with zero attached hydrogens (tertiary/aromatic N) is 3. The van der Waals surface area contributed by atoms with Gasteiger partial charge in [-0.3, -0.25) is 4.79 Å². The lowest BCUT2D eigenvalue weighted by Gasteiger charge is -2.12. The first-order valence-electron chi connectivity index (χ1n) is 14.9. The van der Waals surface area contributed by atoms with Gasteiger partial charge in [-0.15, -0.1) is 0 Å². The van der Waals surface area contributed by atoms with Gasteiger partial charge in [0, 0.05) is 5.56 Å².